The Morgan fingerprint density at radius 1 is 1.41 bits per heavy atom. The highest BCUT2D eigenvalue weighted by Crippen LogP contribution is 2.18. The largest absolute Gasteiger partial charge is 0.345 e. The third-order valence-electron chi connectivity index (χ3n) is 3.10. The Bertz CT molecular complexity index is 376. The van der Waals surface area contributed by atoms with Gasteiger partial charge in [0.25, 0.3) is 0 Å². The number of piperidine rings is 1. The summed E-state index contributed by atoms with van der Waals surface area (Å²) in [4.78, 5) is 22.2. The van der Waals surface area contributed by atoms with E-state index in [2.05, 4.69) is 9.97 Å². The highest BCUT2D eigenvalue weighted by molar-refractivity contribution is 5.47. The van der Waals surface area contributed by atoms with Crippen LogP contribution in [-0.2, 0) is 4.79 Å². The Hall–Kier alpha value is -1.72. The van der Waals surface area contributed by atoms with Gasteiger partial charge in [-0.05, 0) is 12.8 Å². The molecule has 6 heteroatoms. The Balaban J connectivity index is 1.95. The van der Waals surface area contributed by atoms with E-state index in [1.54, 1.807) is 11.9 Å². The van der Waals surface area contributed by atoms with Gasteiger partial charge in [0.05, 0.1) is 12.4 Å². The normalized spacial score (nSPS) is 16.9. The lowest BCUT2D eigenvalue weighted by molar-refractivity contribution is -0.119. The summed E-state index contributed by atoms with van der Waals surface area (Å²) < 4.78 is 12.7. The van der Waals surface area contributed by atoms with Crippen LogP contribution in [0.2, 0.25) is 0 Å². The number of carbonyl (C=O) groups excluding carboxylic acids is 1. The summed E-state index contributed by atoms with van der Waals surface area (Å²) in [6.07, 6.45) is 4.97. The first-order valence-corrected chi connectivity index (χ1v) is 5.60. The summed E-state index contributed by atoms with van der Waals surface area (Å²) in [5.74, 6) is 0.128. The molecule has 1 aliphatic heterocycles. The number of hydrogen-bond acceptors (Lipinski definition) is 4. The van der Waals surface area contributed by atoms with Crippen molar-refractivity contribution in [2.24, 2.45) is 0 Å². The Morgan fingerprint density at radius 2 is 2.00 bits per heavy atom. The molecular weight excluding hydrogens is 223 g/mol. The lowest BCUT2D eigenvalue weighted by atomic mass is 10.0. The maximum Gasteiger partial charge on any atom is 0.225 e. The summed E-state index contributed by atoms with van der Waals surface area (Å²) in [5.41, 5.74) is 0. The fraction of sp³-hybridized carbons (Fsp3) is 0.545. The lowest BCUT2D eigenvalue weighted by Gasteiger charge is -2.35. The second-order valence-corrected chi connectivity index (χ2v) is 4.19. The fourth-order valence-corrected chi connectivity index (χ4v) is 2.03. The van der Waals surface area contributed by atoms with Crippen LogP contribution >= 0.6 is 0 Å². The first-order valence-electron chi connectivity index (χ1n) is 5.60. The van der Waals surface area contributed by atoms with Crippen molar-refractivity contribution in [2.75, 3.05) is 25.0 Å². The number of amides is 1. The van der Waals surface area contributed by atoms with Crippen molar-refractivity contribution in [3.05, 3.63) is 18.2 Å². The lowest BCUT2D eigenvalue weighted by Crippen LogP contribution is -2.43. The molecule has 1 amide bonds. The number of hydrogen-bond donors (Lipinski definition) is 0. The highest BCUT2D eigenvalue weighted by Gasteiger charge is 2.22. The Labute approximate surface area is 99.3 Å². The number of nitrogens with zero attached hydrogens (tertiary/aromatic N) is 4. The van der Waals surface area contributed by atoms with Crippen molar-refractivity contribution in [2.45, 2.75) is 18.9 Å². The van der Waals surface area contributed by atoms with E-state index in [4.69, 9.17) is 0 Å². The molecule has 0 aliphatic carbocycles. The van der Waals surface area contributed by atoms with Crippen LogP contribution in [0.4, 0.5) is 10.3 Å². The molecule has 1 aromatic rings. The molecule has 92 valence electrons. The van der Waals surface area contributed by atoms with Gasteiger partial charge in [0.2, 0.25) is 12.4 Å². The van der Waals surface area contributed by atoms with Gasteiger partial charge in [0.15, 0.2) is 5.82 Å². The molecule has 0 spiro atoms. The van der Waals surface area contributed by atoms with Crippen LogP contribution in [0.15, 0.2) is 12.4 Å². The standard InChI is InChI=1S/C11H15FN4O/c1-15(8-17)10-2-4-16(5-3-10)11-13-6-9(12)7-14-11/h6-8,10H,2-5H2,1H3. The molecule has 0 N–H and O–H groups in total. The van der Waals surface area contributed by atoms with Crippen LogP contribution in [0, 0.1) is 5.82 Å². The maximum absolute atomic E-state index is 12.7. The van der Waals surface area contributed by atoms with E-state index < -0.39 is 5.82 Å². The number of halogens is 1. The maximum atomic E-state index is 12.7. The first kappa shape index (κ1) is 11.8. The van der Waals surface area contributed by atoms with Gasteiger partial charge in [-0.3, -0.25) is 4.79 Å². The van der Waals surface area contributed by atoms with E-state index in [-0.39, 0.29) is 6.04 Å². The molecule has 0 atom stereocenters. The van der Waals surface area contributed by atoms with E-state index >= 15 is 0 Å². The minimum atomic E-state index is -0.427. The second-order valence-electron chi connectivity index (χ2n) is 4.19. The molecule has 17 heavy (non-hydrogen) atoms. The third kappa shape index (κ3) is 2.69. The quantitative estimate of drug-likeness (QED) is 0.726. The summed E-state index contributed by atoms with van der Waals surface area (Å²) in [6, 6.07) is 0.282. The van der Waals surface area contributed by atoms with Crippen LogP contribution in [0.1, 0.15) is 12.8 Å². The van der Waals surface area contributed by atoms with Crippen molar-refractivity contribution in [3.8, 4) is 0 Å². The molecule has 1 fully saturated rings. The zero-order valence-electron chi connectivity index (χ0n) is 9.71. The zero-order chi connectivity index (χ0) is 12.3. The monoisotopic (exact) mass is 238 g/mol. The molecule has 1 saturated heterocycles. The van der Waals surface area contributed by atoms with Gasteiger partial charge in [0, 0.05) is 26.2 Å². The fourth-order valence-electron chi connectivity index (χ4n) is 2.03. The molecule has 1 aliphatic rings. The van der Waals surface area contributed by atoms with E-state index in [0.29, 0.717) is 5.95 Å². The van der Waals surface area contributed by atoms with Gasteiger partial charge in [0.1, 0.15) is 0 Å². The Kier molecular flexibility index (Phi) is 3.51. The molecule has 0 bridgehead atoms. The van der Waals surface area contributed by atoms with Gasteiger partial charge < -0.3 is 9.80 Å². The van der Waals surface area contributed by atoms with Crippen molar-refractivity contribution < 1.29 is 9.18 Å². The number of anilines is 1. The smallest absolute Gasteiger partial charge is 0.225 e. The van der Waals surface area contributed by atoms with Crippen molar-refractivity contribution >= 4 is 12.4 Å². The van der Waals surface area contributed by atoms with Crippen LogP contribution in [0.25, 0.3) is 0 Å². The van der Waals surface area contributed by atoms with Gasteiger partial charge in [-0.2, -0.15) is 0 Å². The number of carbonyl (C=O) groups is 1. The summed E-state index contributed by atoms with van der Waals surface area (Å²) in [6.45, 7) is 1.57. The second kappa shape index (κ2) is 5.07. The molecule has 5 nitrogen and oxygen atoms in total. The predicted molar refractivity (Wildman–Crippen MR) is 61.1 cm³/mol. The molecular formula is C11H15FN4O. The average molecular weight is 238 g/mol. The molecule has 0 unspecified atom stereocenters. The van der Waals surface area contributed by atoms with Crippen LogP contribution in [-0.4, -0.2) is 47.5 Å². The van der Waals surface area contributed by atoms with Crippen molar-refractivity contribution in [3.63, 3.8) is 0 Å². The van der Waals surface area contributed by atoms with Crippen LogP contribution < -0.4 is 4.90 Å². The minimum Gasteiger partial charge on any atom is -0.345 e. The summed E-state index contributed by atoms with van der Waals surface area (Å²) in [7, 11) is 1.79. The van der Waals surface area contributed by atoms with Crippen LogP contribution in [0.3, 0.4) is 0 Å². The first-order chi connectivity index (χ1) is 8.20. The molecule has 2 heterocycles. The average Bonchev–Trinajstić information content (AvgIpc) is 2.39. The SMILES string of the molecule is CN(C=O)C1CCN(c2ncc(F)cn2)CC1. The molecule has 2 rings (SSSR count). The summed E-state index contributed by atoms with van der Waals surface area (Å²) >= 11 is 0. The van der Waals surface area contributed by atoms with Gasteiger partial charge >= 0.3 is 0 Å². The number of rotatable bonds is 3. The molecule has 0 radical (unpaired) electrons. The molecule has 0 saturated carbocycles. The zero-order valence-corrected chi connectivity index (χ0v) is 9.71. The van der Waals surface area contributed by atoms with Crippen molar-refractivity contribution in [1.82, 2.24) is 14.9 Å². The third-order valence-corrected chi connectivity index (χ3v) is 3.10. The minimum absolute atomic E-state index is 0.282. The van der Waals surface area contributed by atoms with E-state index in [9.17, 15) is 9.18 Å². The molecule has 1 aromatic heterocycles. The van der Waals surface area contributed by atoms with Gasteiger partial charge in [-0.15, -0.1) is 0 Å². The predicted octanol–water partition coefficient (Wildman–Crippen LogP) is 0.673. The van der Waals surface area contributed by atoms with Crippen molar-refractivity contribution in [1.29, 1.82) is 0 Å². The number of aromatic nitrogens is 2. The van der Waals surface area contributed by atoms with Crippen LogP contribution in [0.5, 0.6) is 0 Å². The van der Waals surface area contributed by atoms with E-state index in [1.807, 2.05) is 4.90 Å². The van der Waals surface area contributed by atoms with E-state index in [1.165, 1.54) is 12.4 Å². The van der Waals surface area contributed by atoms with Gasteiger partial charge in [-0.25, -0.2) is 14.4 Å². The van der Waals surface area contributed by atoms with E-state index in [0.717, 1.165) is 32.3 Å². The topological polar surface area (TPSA) is 49.3 Å². The summed E-state index contributed by atoms with van der Waals surface area (Å²) in [5, 5.41) is 0. The Morgan fingerprint density at radius 3 is 2.53 bits per heavy atom. The molecule has 0 aromatic carbocycles. The van der Waals surface area contributed by atoms with Gasteiger partial charge in [-0.1, -0.05) is 0 Å². The highest BCUT2D eigenvalue weighted by atomic mass is 19.1.